The molecule has 1 amide bonds. The quantitative estimate of drug-likeness (QED) is 0.892. The van der Waals surface area contributed by atoms with Gasteiger partial charge in [-0.2, -0.15) is 5.10 Å². The average molecular weight is 362 g/mol. The monoisotopic (exact) mass is 360 g/mol. The third-order valence-corrected chi connectivity index (χ3v) is 2.98. The van der Waals surface area contributed by atoms with Crippen LogP contribution >= 0.6 is 27.5 Å². The summed E-state index contributed by atoms with van der Waals surface area (Å²) >= 11 is 9.21. The van der Waals surface area contributed by atoms with Gasteiger partial charge in [-0.05, 0) is 42.8 Å². The van der Waals surface area contributed by atoms with Crippen LogP contribution in [0.1, 0.15) is 26.5 Å². The summed E-state index contributed by atoms with van der Waals surface area (Å²) in [7, 11) is 0. The number of nitrogens with one attached hydrogen (secondary N) is 1. The second-order valence-corrected chi connectivity index (χ2v) is 6.41. The summed E-state index contributed by atoms with van der Waals surface area (Å²) in [6.07, 6.45) is 1.21. The summed E-state index contributed by atoms with van der Waals surface area (Å²) in [4.78, 5) is 15.9. The maximum absolute atomic E-state index is 11.6. The molecule has 0 aliphatic carbocycles. The molecule has 2 rings (SSSR count). The van der Waals surface area contributed by atoms with Crippen LogP contribution in [0.15, 0.2) is 16.7 Å². The summed E-state index contributed by atoms with van der Waals surface area (Å²) in [5.74, 6) is 0. The van der Waals surface area contributed by atoms with Gasteiger partial charge in [0.25, 0.3) is 0 Å². The smallest absolute Gasteiger partial charge is 0.407 e. The molecule has 0 aromatic carbocycles. The molecule has 8 heteroatoms. The Morgan fingerprint density at radius 3 is 2.90 bits per heavy atom. The van der Waals surface area contributed by atoms with E-state index >= 15 is 0 Å². The number of ether oxygens (including phenoxy) is 1. The van der Waals surface area contributed by atoms with Gasteiger partial charge in [0, 0.05) is 0 Å². The van der Waals surface area contributed by atoms with Crippen LogP contribution in [0.25, 0.3) is 5.65 Å². The van der Waals surface area contributed by atoms with Crippen LogP contribution in [0.2, 0.25) is 5.15 Å². The lowest BCUT2D eigenvalue weighted by Crippen LogP contribution is -2.32. The molecule has 0 spiro atoms. The summed E-state index contributed by atoms with van der Waals surface area (Å²) < 4.78 is 7.44. The molecule has 0 fully saturated rings. The van der Waals surface area contributed by atoms with Crippen molar-refractivity contribution in [1.82, 2.24) is 19.9 Å². The number of halogens is 2. The molecule has 0 saturated carbocycles. The number of hydrogen-bond donors (Lipinski definition) is 1. The van der Waals surface area contributed by atoms with Gasteiger partial charge < -0.3 is 10.1 Å². The fourth-order valence-electron chi connectivity index (χ4n) is 1.52. The highest BCUT2D eigenvalue weighted by atomic mass is 79.9. The Hall–Kier alpha value is -1.34. The van der Waals surface area contributed by atoms with E-state index in [0.717, 1.165) is 4.47 Å². The molecule has 20 heavy (non-hydrogen) atoms. The first-order valence-electron chi connectivity index (χ1n) is 5.92. The van der Waals surface area contributed by atoms with Crippen molar-refractivity contribution in [2.75, 3.05) is 0 Å². The maximum Gasteiger partial charge on any atom is 0.407 e. The summed E-state index contributed by atoms with van der Waals surface area (Å²) in [5, 5.41) is 7.08. The second kappa shape index (κ2) is 5.57. The summed E-state index contributed by atoms with van der Waals surface area (Å²) in [5.41, 5.74) is 0.767. The molecule has 108 valence electrons. The lowest BCUT2D eigenvalue weighted by Gasteiger charge is -2.19. The zero-order chi connectivity index (χ0) is 14.9. The molecular weight excluding hydrogens is 348 g/mol. The van der Waals surface area contributed by atoms with E-state index in [1.54, 1.807) is 37.5 Å². The van der Waals surface area contributed by atoms with Crippen molar-refractivity contribution < 1.29 is 9.53 Å². The zero-order valence-electron chi connectivity index (χ0n) is 11.3. The Bertz CT molecular complexity index is 651. The van der Waals surface area contributed by atoms with Gasteiger partial charge in [0.15, 0.2) is 10.8 Å². The highest BCUT2D eigenvalue weighted by Crippen LogP contribution is 2.20. The number of fused-ring (bicyclic) bond motifs is 1. The van der Waals surface area contributed by atoms with Gasteiger partial charge in [-0.15, -0.1) is 0 Å². The van der Waals surface area contributed by atoms with Crippen LogP contribution in [0.5, 0.6) is 0 Å². The van der Waals surface area contributed by atoms with Crippen molar-refractivity contribution in [1.29, 1.82) is 0 Å². The molecule has 6 nitrogen and oxygen atoms in total. The van der Waals surface area contributed by atoms with Crippen molar-refractivity contribution in [3.05, 3.63) is 27.6 Å². The number of rotatable bonds is 2. The molecule has 0 aliphatic heterocycles. The van der Waals surface area contributed by atoms with Gasteiger partial charge >= 0.3 is 6.09 Å². The molecule has 0 atom stereocenters. The minimum Gasteiger partial charge on any atom is -0.444 e. The number of aromatic nitrogens is 3. The van der Waals surface area contributed by atoms with Crippen molar-refractivity contribution >= 4 is 39.3 Å². The largest absolute Gasteiger partial charge is 0.444 e. The highest BCUT2D eigenvalue weighted by molar-refractivity contribution is 9.10. The highest BCUT2D eigenvalue weighted by Gasteiger charge is 2.16. The number of imidazole rings is 1. The maximum atomic E-state index is 11.6. The minimum atomic E-state index is -0.527. The van der Waals surface area contributed by atoms with Crippen LogP contribution in [-0.2, 0) is 11.3 Å². The molecular formula is C12H14BrClN4O2. The molecule has 2 aromatic rings. The molecule has 2 heterocycles. The number of amides is 1. The zero-order valence-corrected chi connectivity index (χ0v) is 13.6. The third-order valence-electron chi connectivity index (χ3n) is 2.21. The van der Waals surface area contributed by atoms with Gasteiger partial charge in [0.1, 0.15) is 5.60 Å². The normalized spacial score (nSPS) is 11.7. The van der Waals surface area contributed by atoms with Crippen molar-refractivity contribution in [2.24, 2.45) is 0 Å². The minimum absolute atomic E-state index is 0.252. The van der Waals surface area contributed by atoms with Gasteiger partial charge in [0.2, 0.25) is 0 Å². The fourth-order valence-corrected chi connectivity index (χ4v) is 2.33. The van der Waals surface area contributed by atoms with Crippen LogP contribution < -0.4 is 5.32 Å². The van der Waals surface area contributed by atoms with Gasteiger partial charge in [-0.25, -0.2) is 14.3 Å². The van der Waals surface area contributed by atoms with E-state index in [9.17, 15) is 4.79 Å². The van der Waals surface area contributed by atoms with Crippen molar-refractivity contribution in [3.63, 3.8) is 0 Å². The second-order valence-electron chi connectivity index (χ2n) is 5.17. The molecule has 2 aromatic heterocycles. The Morgan fingerprint density at radius 2 is 2.25 bits per heavy atom. The molecule has 0 bridgehead atoms. The van der Waals surface area contributed by atoms with E-state index in [-0.39, 0.29) is 6.54 Å². The first kappa shape index (κ1) is 15.1. The Morgan fingerprint density at radius 1 is 1.55 bits per heavy atom. The van der Waals surface area contributed by atoms with E-state index < -0.39 is 11.7 Å². The number of nitrogens with zero attached hydrogens (tertiary/aromatic N) is 3. The topological polar surface area (TPSA) is 68.5 Å². The van der Waals surface area contributed by atoms with E-state index in [0.29, 0.717) is 16.5 Å². The van der Waals surface area contributed by atoms with E-state index in [1.807, 2.05) is 0 Å². The standard InChI is InChI=1S/C12H14BrClN4O2/c1-12(2,3)20-11(19)15-5-7-6-18-10(16-7)8(13)4-9(14)17-18/h4,6H,5H2,1-3H3,(H,15,19). The van der Waals surface area contributed by atoms with Gasteiger partial charge in [-0.1, -0.05) is 11.6 Å². The molecule has 0 saturated heterocycles. The summed E-state index contributed by atoms with van der Waals surface area (Å²) in [6, 6.07) is 1.66. The predicted octanol–water partition coefficient (Wildman–Crippen LogP) is 3.17. The molecule has 0 radical (unpaired) electrons. The molecule has 1 N–H and O–H groups in total. The molecule has 0 unspecified atom stereocenters. The first-order chi connectivity index (χ1) is 9.24. The summed E-state index contributed by atoms with van der Waals surface area (Å²) in [6.45, 7) is 5.67. The van der Waals surface area contributed by atoms with E-state index in [1.165, 1.54) is 0 Å². The lowest BCUT2D eigenvalue weighted by atomic mass is 10.2. The van der Waals surface area contributed by atoms with E-state index in [2.05, 4.69) is 31.3 Å². The number of alkyl carbamates (subject to hydrolysis) is 1. The van der Waals surface area contributed by atoms with Crippen molar-refractivity contribution in [2.45, 2.75) is 32.9 Å². The Balaban J connectivity index is 2.08. The number of hydrogen-bond acceptors (Lipinski definition) is 4. The Kier molecular flexibility index (Phi) is 4.19. The average Bonchev–Trinajstić information content (AvgIpc) is 2.67. The third kappa shape index (κ3) is 3.83. The fraction of sp³-hybridized carbons (Fsp3) is 0.417. The SMILES string of the molecule is CC(C)(C)OC(=O)NCc1cn2nc(Cl)cc(Br)c2n1. The van der Waals surface area contributed by atoms with Crippen LogP contribution in [0, 0.1) is 0 Å². The van der Waals surface area contributed by atoms with E-state index in [4.69, 9.17) is 16.3 Å². The lowest BCUT2D eigenvalue weighted by molar-refractivity contribution is 0.0523. The number of carbonyl (C=O) groups excluding carboxylic acids is 1. The van der Waals surface area contributed by atoms with Gasteiger partial charge in [-0.3, -0.25) is 0 Å². The Labute approximate surface area is 129 Å². The van der Waals surface area contributed by atoms with Crippen LogP contribution in [0.3, 0.4) is 0 Å². The predicted molar refractivity (Wildman–Crippen MR) is 78.8 cm³/mol. The van der Waals surface area contributed by atoms with Gasteiger partial charge in [0.05, 0.1) is 22.9 Å². The van der Waals surface area contributed by atoms with Crippen LogP contribution in [-0.4, -0.2) is 26.3 Å². The molecule has 0 aliphatic rings. The number of carbonyl (C=O) groups is 1. The first-order valence-corrected chi connectivity index (χ1v) is 7.09. The van der Waals surface area contributed by atoms with Crippen molar-refractivity contribution in [3.8, 4) is 0 Å². The van der Waals surface area contributed by atoms with Crippen LogP contribution in [0.4, 0.5) is 4.79 Å².